The van der Waals surface area contributed by atoms with Gasteiger partial charge in [0.15, 0.2) is 11.9 Å². The first-order valence-corrected chi connectivity index (χ1v) is 13.3. The average Bonchev–Trinajstić information content (AvgIpc) is 3.28. The molecule has 1 aliphatic heterocycles. The van der Waals surface area contributed by atoms with E-state index in [1.807, 2.05) is 30.3 Å². The molecule has 1 N–H and O–H groups in total. The first-order valence-electron chi connectivity index (χ1n) is 11.6. The zero-order valence-electron chi connectivity index (χ0n) is 18.6. The van der Waals surface area contributed by atoms with Gasteiger partial charge >= 0.3 is 0 Å². The molecule has 0 unspecified atom stereocenters. The molecule has 5 rings (SSSR count). The molecule has 0 bridgehead atoms. The Balaban J connectivity index is 1.44. The van der Waals surface area contributed by atoms with Crippen LogP contribution in [0.5, 0.6) is 11.6 Å². The molecule has 172 valence electrons. The van der Waals surface area contributed by atoms with Crippen LogP contribution in [0.2, 0.25) is 0 Å². The normalized spacial score (nSPS) is 17.5. The molecular formula is C25H27BrN4O2S. The summed E-state index contributed by atoms with van der Waals surface area (Å²) in [7, 11) is 0. The maximum atomic E-state index is 6.39. The van der Waals surface area contributed by atoms with Gasteiger partial charge in [-0.2, -0.15) is 4.98 Å². The topological polar surface area (TPSA) is 69.2 Å². The van der Waals surface area contributed by atoms with Crippen LogP contribution in [-0.2, 0) is 0 Å². The smallest absolute Gasteiger partial charge is 0.247 e. The molecule has 1 aliphatic carbocycles. The first-order chi connectivity index (χ1) is 16.2. The number of halogens is 1. The quantitative estimate of drug-likeness (QED) is 0.262. The Labute approximate surface area is 207 Å². The molecule has 0 radical (unpaired) electrons. The number of ether oxygens (including phenoxy) is 2. The van der Waals surface area contributed by atoms with E-state index in [-0.39, 0.29) is 0 Å². The Morgan fingerprint density at radius 1 is 1.12 bits per heavy atom. The average molecular weight is 527 g/mol. The number of fused-ring (bicyclic) bond motifs is 3. The van der Waals surface area contributed by atoms with E-state index in [1.165, 1.54) is 12.8 Å². The number of rotatable bonds is 7. The van der Waals surface area contributed by atoms with Crippen molar-refractivity contribution >= 4 is 33.4 Å². The van der Waals surface area contributed by atoms with E-state index in [1.54, 1.807) is 11.8 Å². The Kier molecular flexibility index (Phi) is 7.02. The SMILES string of the molecule is CCCCSc1nnc2c(n1)O[C@@H](c1ccc(OC3CCCC3)cc1)Nc1ccc(Br)cc1-2. The molecule has 2 aliphatic rings. The molecule has 1 saturated carbocycles. The monoisotopic (exact) mass is 526 g/mol. The number of aromatic nitrogens is 3. The fraction of sp³-hybridized carbons (Fsp3) is 0.400. The van der Waals surface area contributed by atoms with Crippen LogP contribution < -0.4 is 14.8 Å². The summed E-state index contributed by atoms with van der Waals surface area (Å²) in [6.07, 6.45) is 6.98. The van der Waals surface area contributed by atoms with Crippen molar-refractivity contribution in [2.75, 3.05) is 11.1 Å². The second-order valence-corrected chi connectivity index (χ2v) is 10.4. The Morgan fingerprint density at radius 3 is 2.73 bits per heavy atom. The van der Waals surface area contributed by atoms with E-state index in [0.717, 1.165) is 58.5 Å². The lowest BCUT2D eigenvalue weighted by Crippen LogP contribution is -2.17. The molecule has 2 heterocycles. The van der Waals surface area contributed by atoms with E-state index in [4.69, 9.17) is 14.5 Å². The van der Waals surface area contributed by atoms with Crippen LogP contribution in [0.4, 0.5) is 5.69 Å². The zero-order valence-corrected chi connectivity index (χ0v) is 21.0. The molecule has 33 heavy (non-hydrogen) atoms. The third-order valence-electron chi connectivity index (χ3n) is 5.90. The lowest BCUT2D eigenvalue weighted by Gasteiger charge is -2.20. The van der Waals surface area contributed by atoms with Crippen molar-refractivity contribution in [3.05, 3.63) is 52.5 Å². The summed E-state index contributed by atoms with van der Waals surface area (Å²) in [5.41, 5.74) is 3.47. The number of thioether (sulfide) groups is 1. The maximum Gasteiger partial charge on any atom is 0.247 e. The van der Waals surface area contributed by atoms with Gasteiger partial charge in [-0.1, -0.05) is 41.0 Å². The van der Waals surface area contributed by atoms with E-state index in [9.17, 15) is 0 Å². The number of nitrogens with zero attached hydrogens (tertiary/aromatic N) is 3. The van der Waals surface area contributed by atoms with Gasteiger partial charge in [0.25, 0.3) is 0 Å². The number of hydrogen-bond acceptors (Lipinski definition) is 7. The predicted molar refractivity (Wildman–Crippen MR) is 135 cm³/mol. The minimum absolute atomic E-state index is 0.340. The van der Waals surface area contributed by atoms with Gasteiger partial charge in [-0.3, -0.25) is 0 Å². The summed E-state index contributed by atoms with van der Waals surface area (Å²) in [4.78, 5) is 4.72. The Morgan fingerprint density at radius 2 is 1.94 bits per heavy atom. The van der Waals surface area contributed by atoms with Gasteiger partial charge in [0.1, 0.15) is 5.75 Å². The van der Waals surface area contributed by atoms with Gasteiger partial charge in [0.2, 0.25) is 11.0 Å². The van der Waals surface area contributed by atoms with Crippen LogP contribution in [0.25, 0.3) is 11.3 Å². The number of nitrogens with one attached hydrogen (secondary N) is 1. The van der Waals surface area contributed by atoms with Crippen LogP contribution in [0.15, 0.2) is 52.1 Å². The highest BCUT2D eigenvalue weighted by Crippen LogP contribution is 2.41. The van der Waals surface area contributed by atoms with E-state index < -0.39 is 6.23 Å². The number of unbranched alkanes of at least 4 members (excludes halogenated alkanes) is 1. The second-order valence-electron chi connectivity index (χ2n) is 8.38. The van der Waals surface area contributed by atoms with Crippen molar-refractivity contribution in [1.82, 2.24) is 15.2 Å². The highest BCUT2D eigenvalue weighted by molar-refractivity contribution is 9.10. The number of hydrogen-bond donors (Lipinski definition) is 1. The molecular weight excluding hydrogens is 500 g/mol. The zero-order chi connectivity index (χ0) is 22.6. The van der Waals surface area contributed by atoms with Crippen LogP contribution in [0.3, 0.4) is 0 Å². The van der Waals surface area contributed by atoms with Crippen molar-refractivity contribution in [1.29, 1.82) is 0 Å². The Bertz CT molecular complexity index is 1110. The molecule has 8 heteroatoms. The van der Waals surface area contributed by atoms with Crippen LogP contribution in [0, 0.1) is 0 Å². The van der Waals surface area contributed by atoms with Gasteiger partial charge in [0, 0.05) is 27.0 Å². The van der Waals surface area contributed by atoms with E-state index in [0.29, 0.717) is 22.8 Å². The van der Waals surface area contributed by atoms with Crippen LogP contribution in [0.1, 0.15) is 57.2 Å². The van der Waals surface area contributed by atoms with Crippen molar-refractivity contribution in [3.63, 3.8) is 0 Å². The molecule has 1 fully saturated rings. The molecule has 3 aromatic rings. The summed E-state index contributed by atoms with van der Waals surface area (Å²) >= 11 is 5.18. The third-order valence-corrected chi connectivity index (χ3v) is 7.32. The van der Waals surface area contributed by atoms with Crippen LogP contribution >= 0.6 is 27.7 Å². The van der Waals surface area contributed by atoms with Gasteiger partial charge in [-0.05, 0) is 74.6 Å². The lowest BCUT2D eigenvalue weighted by atomic mass is 10.1. The van der Waals surface area contributed by atoms with Gasteiger partial charge in [-0.15, -0.1) is 10.2 Å². The largest absolute Gasteiger partial charge is 0.490 e. The fourth-order valence-electron chi connectivity index (χ4n) is 4.11. The van der Waals surface area contributed by atoms with Crippen molar-refractivity contribution in [2.24, 2.45) is 0 Å². The first kappa shape index (κ1) is 22.5. The highest BCUT2D eigenvalue weighted by Gasteiger charge is 2.26. The second kappa shape index (κ2) is 10.3. The summed E-state index contributed by atoms with van der Waals surface area (Å²) in [6.45, 7) is 2.18. The summed E-state index contributed by atoms with van der Waals surface area (Å²) in [6, 6.07) is 14.2. The fourth-order valence-corrected chi connectivity index (χ4v) is 5.33. The standard InChI is InChI=1S/C25H27BrN4O2S/c1-2-3-14-33-25-28-24-22(29-30-25)20-15-17(26)10-13-21(20)27-23(32-24)16-8-11-19(12-9-16)31-18-6-4-5-7-18/h8-13,15,18,23,27H,2-7,14H2,1H3/t23-/m0/s1. The third kappa shape index (κ3) is 5.27. The molecule has 0 spiro atoms. The summed E-state index contributed by atoms with van der Waals surface area (Å²) in [5.74, 6) is 2.36. The number of benzene rings is 2. The van der Waals surface area contributed by atoms with Crippen molar-refractivity contribution in [3.8, 4) is 22.9 Å². The van der Waals surface area contributed by atoms with E-state index >= 15 is 0 Å². The van der Waals surface area contributed by atoms with Crippen molar-refractivity contribution in [2.45, 2.75) is 62.9 Å². The summed E-state index contributed by atoms with van der Waals surface area (Å²) < 4.78 is 13.5. The molecule has 0 amide bonds. The lowest BCUT2D eigenvalue weighted by molar-refractivity contribution is 0.209. The van der Waals surface area contributed by atoms with Crippen LogP contribution in [-0.4, -0.2) is 27.0 Å². The Hall–Kier alpha value is -2.32. The van der Waals surface area contributed by atoms with Crippen molar-refractivity contribution < 1.29 is 9.47 Å². The number of anilines is 1. The molecule has 1 atom stereocenters. The summed E-state index contributed by atoms with van der Waals surface area (Å²) in [5, 5.41) is 13.0. The van der Waals surface area contributed by atoms with Gasteiger partial charge in [-0.25, -0.2) is 0 Å². The highest BCUT2D eigenvalue weighted by atomic mass is 79.9. The molecule has 6 nitrogen and oxygen atoms in total. The molecule has 0 saturated heterocycles. The minimum Gasteiger partial charge on any atom is -0.490 e. The predicted octanol–water partition coefficient (Wildman–Crippen LogP) is 7.02. The minimum atomic E-state index is -0.406. The van der Waals surface area contributed by atoms with E-state index in [2.05, 4.69) is 50.5 Å². The van der Waals surface area contributed by atoms with Gasteiger partial charge < -0.3 is 14.8 Å². The molecule has 2 aromatic carbocycles. The maximum absolute atomic E-state index is 6.39. The van der Waals surface area contributed by atoms with Gasteiger partial charge in [0.05, 0.1) is 6.10 Å². The molecule has 1 aromatic heterocycles.